The standard InChI is InChI=1S/C13H20N4/c1-10(2)13(3,4)9-15-12-11-5-6-16-17(11)8-7-14-12/h5-8,10H,9H2,1-4H3,(H,14,15). The predicted molar refractivity (Wildman–Crippen MR) is 70.1 cm³/mol. The molecular formula is C13H20N4. The fourth-order valence-corrected chi connectivity index (χ4v) is 1.51. The average Bonchev–Trinajstić information content (AvgIpc) is 2.74. The molecule has 1 N–H and O–H groups in total. The summed E-state index contributed by atoms with van der Waals surface area (Å²) in [5, 5.41) is 7.62. The summed E-state index contributed by atoms with van der Waals surface area (Å²) in [6, 6.07) is 1.97. The van der Waals surface area contributed by atoms with E-state index in [2.05, 4.69) is 43.1 Å². The van der Waals surface area contributed by atoms with Crippen LogP contribution in [-0.2, 0) is 0 Å². The molecule has 0 atom stereocenters. The van der Waals surface area contributed by atoms with E-state index in [1.54, 1.807) is 12.4 Å². The number of aromatic nitrogens is 3. The molecule has 0 saturated heterocycles. The van der Waals surface area contributed by atoms with Gasteiger partial charge in [0.25, 0.3) is 0 Å². The van der Waals surface area contributed by atoms with Gasteiger partial charge in [0, 0.05) is 18.9 Å². The highest BCUT2D eigenvalue weighted by molar-refractivity contribution is 5.66. The van der Waals surface area contributed by atoms with Crippen LogP contribution in [0.2, 0.25) is 0 Å². The van der Waals surface area contributed by atoms with Crippen LogP contribution in [0.3, 0.4) is 0 Å². The van der Waals surface area contributed by atoms with E-state index in [0.29, 0.717) is 5.92 Å². The van der Waals surface area contributed by atoms with Crippen molar-refractivity contribution in [3.05, 3.63) is 24.7 Å². The molecule has 0 saturated carbocycles. The Hall–Kier alpha value is -1.58. The second-order valence-corrected chi connectivity index (χ2v) is 5.43. The molecule has 4 nitrogen and oxygen atoms in total. The van der Waals surface area contributed by atoms with Crippen LogP contribution in [0.1, 0.15) is 27.7 Å². The number of hydrogen-bond donors (Lipinski definition) is 1. The molecule has 2 aromatic heterocycles. The van der Waals surface area contributed by atoms with Gasteiger partial charge in [0.15, 0.2) is 5.82 Å². The highest BCUT2D eigenvalue weighted by Gasteiger charge is 2.22. The van der Waals surface area contributed by atoms with Crippen LogP contribution in [-0.4, -0.2) is 21.1 Å². The Labute approximate surface area is 102 Å². The Bertz CT molecular complexity index is 499. The Balaban J connectivity index is 2.17. The number of hydrogen-bond acceptors (Lipinski definition) is 3. The molecule has 2 heterocycles. The highest BCUT2D eigenvalue weighted by atomic mass is 15.2. The summed E-state index contributed by atoms with van der Waals surface area (Å²) in [7, 11) is 0. The molecule has 0 unspecified atom stereocenters. The van der Waals surface area contributed by atoms with Crippen LogP contribution in [0.25, 0.3) is 5.52 Å². The fraction of sp³-hybridized carbons (Fsp3) is 0.538. The molecule has 0 aromatic carbocycles. The molecule has 0 amide bonds. The molecular weight excluding hydrogens is 212 g/mol. The zero-order valence-electron chi connectivity index (χ0n) is 10.9. The van der Waals surface area contributed by atoms with Crippen molar-refractivity contribution in [1.82, 2.24) is 14.6 Å². The summed E-state index contributed by atoms with van der Waals surface area (Å²) in [4.78, 5) is 4.37. The third-order valence-electron chi connectivity index (χ3n) is 3.60. The molecule has 0 spiro atoms. The van der Waals surface area contributed by atoms with Crippen molar-refractivity contribution in [2.45, 2.75) is 27.7 Å². The van der Waals surface area contributed by atoms with Crippen molar-refractivity contribution in [2.24, 2.45) is 11.3 Å². The van der Waals surface area contributed by atoms with Crippen molar-refractivity contribution in [3.8, 4) is 0 Å². The minimum atomic E-state index is 0.245. The predicted octanol–water partition coefficient (Wildman–Crippen LogP) is 2.82. The van der Waals surface area contributed by atoms with Crippen LogP contribution in [0.4, 0.5) is 5.82 Å². The molecule has 0 bridgehead atoms. The maximum Gasteiger partial charge on any atom is 0.152 e. The van der Waals surface area contributed by atoms with E-state index in [9.17, 15) is 0 Å². The maximum atomic E-state index is 4.37. The fourth-order valence-electron chi connectivity index (χ4n) is 1.51. The van der Waals surface area contributed by atoms with E-state index in [-0.39, 0.29) is 5.41 Å². The van der Waals surface area contributed by atoms with Crippen molar-refractivity contribution in [3.63, 3.8) is 0 Å². The zero-order valence-corrected chi connectivity index (χ0v) is 10.9. The van der Waals surface area contributed by atoms with Crippen molar-refractivity contribution >= 4 is 11.3 Å². The second-order valence-electron chi connectivity index (χ2n) is 5.43. The first-order valence-corrected chi connectivity index (χ1v) is 6.03. The normalized spacial score (nSPS) is 12.3. The molecule has 0 aliphatic rings. The average molecular weight is 232 g/mol. The molecule has 0 radical (unpaired) electrons. The van der Waals surface area contributed by atoms with Crippen LogP contribution >= 0.6 is 0 Å². The van der Waals surface area contributed by atoms with E-state index in [4.69, 9.17) is 0 Å². The largest absolute Gasteiger partial charge is 0.368 e. The van der Waals surface area contributed by atoms with Crippen LogP contribution < -0.4 is 5.32 Å². The van der Waals surface area contributed by atoms with Crippen molar-refractivity contribution < 1.29 is 0 Å². The quantitative estimate of drug-likeness (QED) is 0.881. The summed E-state index contributed by atoms with van der Waals surface area (Å²) in [5.74, 6) is 1.53. The second kappa shape index (κ2) is 4.35. The summed E-state index contributed by atoms with van der Waals surface area (Å²) < 4.78 is 1.83. The van der Waals surface area contributed by atoms with E-state index in [1.165, 1.54) is 0 Å². The third kappa shape index (κ3) is 2.40. The topological polar surface area (TPSA) is 42.2 Å². The minimum Gasteiger partial charge on any atom is -0.368 e. The van der Waals surface area contributed by atoms with E-state index in [0.717, 1.165) is 17.9 Å². The van der Waals surface area contributed by atoms with Gasteiger partial charge in [0.1, 0.15) is 5.52 Å². The number of anilines is 1. The van der Waals surface area contributed by atoms with Crippen molar-refractivity contribution in [1.29, 1.82) is 0 Å². The van der Waals surface area contributed by atoms with Gasteiger partial charge in [-0.2, -0.15) is 5.10 Å². The first-order chi connectivity index (χ1) is 8.00. The Morgan fingerprint density at radius 2 is 2.12 bits per heavy atom. The van der Waals surface area contributed by atoms with Gasteiger partial charge < -0.3 is 5.32 Å². The summed E-state index contributed by atoms with van der Waals surface area (Å²) in [5.41, 5.74) is 1.26. The molecule has 0 aliphatic heterocycles. The van der Waals surface area contributed by atoms with E-state index >= 15 is 0 Å². The van der Waals surface area contributed by atoms with Crippen LogP contribution in [0, 0.1) is 11.3 Å². The lowest BCUT2D eigenvalue weighted by atomic mass is 9.81. The van der Waals surface area contributed by atoms with Gasteiger partial charge >= 0.3 is 0 Å². The Morgan fingerprint density at radius 3 is 2.82 bits per heavy atom. The van der Waals surface area contributed by atoms with Gasteiger partial charge in [-0.25, -0.2) is 9.50 Å². The number of fused-ring (bicyclic) bond motifs is 1. The molecule has 2 rings (SSSR count). The van der Waals surface area contributed by atoms with Crippen LogP contribution in [0.15, 0.2) is 24.7 Å². The zero-order chi connectivity index (χ0) is 12.5. The summed E-state index contributed by atoms with van der Waals surface area (Å²) >= 11 is 0. The first-order valence-electron chi connectivity index (χ1n) is 6.03. The molecule has 0 aliphatic carbocycles. The molecule has 92 valence electrons. The minimum absolute atomic E-state index is 0.245. The number of nitrogens with one attached hydrogen (secondary N) is 1. The van der Waals surface area contributed by atoms with E-state index in [1.807, 2.05) is 16.8 Å². The molecule has 4 heteroatoms. The molecule has 2 aromatic rings. The summed E-state index contributed by atoms with van der Waals surface area (Å²) in [6.07, 6.45) is 5.41. The lowest BCUT2D eigenvalue weighted by Crippen LogP contribution is -2.28. The van der Waals surface area contributed by atoms with Crippen LogP contribution in [0.5, 0.6) is 0 Å². The van der Waals surface area contributed by atoms with Gasteiger partial charge in [0.05, 0.1) is 6.20 Å². The van der Waals surface area contributed by atoms with Gasteiger partial charge in [0.2, 0.25) is 0 Å². The van der Waals surface area contributed by atoms with Gasteiger partial charge in [-0.3, -0.25) is 0 Å². The van der Waals surface area contributed by atoms with E-state index < -0.39 is 0 Å². The first kappa shape index (κ1) is 11.9. The molecule has 0 fully saturated rings. The number of nitrogens with zero attached hydrogens (tertiary/aromatic N) is 3. The lowest BCUT2D eigenvalue weighted by Gasteiger charge is -2.29. The third-order valence-corrected chi connectivity index (χ3v) is 3.60. The summed E-state index contributed by atoms with van der Waals surface area (Å²) in [6.45, 7) is 9.92. The smallest absolute Gasteiger partial charge is 0.152 e. The monoisotopic (exact) mass is 232 g/mol. The number of rotatable bonds is 4. The van der Waals surface area contributed by atoms with Crippen molar-refractivity contribution in [2.75, 3.05) is 11.9 Å². The SMILES string of the molecule is CC(C)C(C)(C)CNc1nccn2nccc12. The van der Waals surface area contributed by atoms with Gasteiger partial charge in [-0.1, -0.05) is 27.7 Å². The van der Waals surface area contributed by atoms with Gasteiger partial charge in [-0.05, 0) is 17.4 Å². The molecule has 17 heavy (non-hydrogen) atoms. The highest BCUT2D eigenvalue weighted by Crippen LogP contribution is 2.26. The Kier molecular flexibility index (Phi) is 3.05. The van der Waals surface area contributed by atoms with Gasteiger partial charge in [-0.15, -0.1) is 0 Å². The lowest BCUT2D eigenvalue weighted by molar-refractivity contribution is 0.269. The Morgan fingerprint density at radius 1 is 1.35 bits per heavy atom. The maximum absolute atomic E-state index is 4.37.